The first-order chi connectivity index (χ1) is 11.7. The standard InChI is InChI=1S/C15H19ClN4O3S2/c1-4-9(5-2)14-18-19-15(24-14)17-13(21)10-6-7-11(16)12(8-10)20-25(3,22)23/h6-9,20H,4-5H2,1-3H3,(H,17,19,21). The molecule has 0 aliphatic rings. The summed E-state index contributed by atoms with van der Waals surface area (Å²) in [7, 11) is -3.50. The Labute approximate surface area is 155 Å². The number of sulfonamides is 1. The topological polar surface area (TPSA) is 101 Å². The Morgan fingerprint density at radius 3 is 2.56 bits per heavy atom. The van der Waals surface area contributed by atoms with Crippen LogP contribution in [0.3, 0.4) is 0 Å². The lowest BCUT2D eigenvalue weighted by atomic mass is 10.1. The van der Waals surface area contributed by atoms with Gasteiger partial charge in [-0.3, -0.25) is 14.8 Å². The van der Waals surface area contributed by atoms with E-state index in [1.165, 1.54) is 29.5 Å². The molecule has 0 saturated carbocycles. The van der Waals surface area contributed by atoms with Crippen LogP contribution in [0.15, 0.2) is 18.2 Å². The molecule has 1 amide bonds. The monoisotopic (exact) mass is 402 g/mol. The van der Waals surface area contributed by atoms with Crippen LogP contribution in [0, 0.1) is 0 Å². The van der Waals surface area contributed by atoms with Gasteiger partial charge in [0.05, 0.1) is 17.0 Å². The number of carbonyl (C=O) groups is 1. The highest BCUT2D eigenvalue weighted by atomic mass is 35.5. The van der Waals surface area contributed by atoms with Gasteiger partial charge in [0.25, 0.3) is 5.91 Å². The van der Waals surface area contributed by atoms with Crippen molar-refractivity contribution < 1.29 is 13.2 Å². The maximum absolute atomic E-state index is 12.4. The third kappa shape index (κ3) is 5.38. The molecule has 10 heteroatoms. The molecule has 0 saturated heterocycles. The summed E-state index contributed by atoms with van der Waals surface area (Å²) >= 11 is 7.30. The maximum Gasteiger partial charge on any atom is 0.257 e. The number of rotatable bonds is 7. The molecule has 2 rings (SSSR count). The summed E-state index contributed by atoms with van der Waals surface area (Å²) in [5.41, 5.74) is 0.404. The van der Waals surface area contributed by atoms with Crippen molar-refractivity contribution in [3.05, 3.63) is 33.8 Å². The quantitative estimate of drug-likeness (QED) is 0.734. The molecular formula is C15H19ClN4O3S2. The molecule has 136 valence electrons. The Bertz CT molecular complexity index is 863. The van der Waals surface area contributed by atoms with Crippen molar-refractivity contribution in [2.24, 2.45) is 0 Å². The largest absolute Gasteiger partial charge is 0.296 e. The molecule has 0 fully saturated rings. The second-order valence-electron chi connectivity index (χ2n) is 5.48. The highest BCUT2D eigenvalue weighted by Gasteiger charge is 2.16. The number of benzene rings is 1. The van der Waals surface area contributed by atoms with Crippen LogP contribution in [0.5, 0.6) is 0 Å². The first-order valence-corrected chi connectivity index (χ1v) is 10.7. The van der Waals surface area contributed by atoms with Gasteiger partial charge in [0.2, 0.25) is 15.2 Å². The van der Waals surface area contributed by atoms with Crippen LogP contribution < -0.4 is 10.0 Å². The van der Waals surface area contributed by atoms with Crippen molar-refractivity contribution in [3.63, 3.8) is 0 Å². The Hall–Kier alpha value is -1.71. The maximum atomic E-state index is 12.4. The summed E-state index contributed by atoms with van der Waals surface area (Å²) in [6.07, 6.45) is 2.92. The second kappa shape index (κ2) is 8.11. The molecule has 0 bridgehead atoms. The van der Waals surface area contributed by atoms with E-state index in [1.54, 1.807) is 0 Å². The van der Waals surface area contributed by atoms with E-state index < -0.39 is 15.9 Å². The van der Waals surface area contributed by atoms with Crippen molar-refractivity contribution >= 4 is 49.7 Å². The predicted octanol–water partition coefficient (Wildman–Crippen LogP) is 3.72. The average molecular weight is 403 g/mol. The van der Waals surface area contributed by atoms with Gasteiger partial charge >= 0.3 is 0 Å². The molecule has 25 heavy (non-hydrogen) atoms. The van der Waals surface area contributed by atoms with Crippen LogP contribution in [-0.2, 0) is 10.0 Å². The van der Waals surface area contributed by atoms with E-state index in [-0.39, 0.29) is 16.3 Å². The Morgan fingerprint density at radius 2 is 1.96 bits per heavy atom. The van der Waals surface area contributed by atoms with Gasteiger partial charge < -0.3 is 0 Å². The van der Waals surface area contributed by atoms with Gasteiger partial charge in [-0.05, 0) is 31.0 Å². The number of hydrogen-bond donors (Lipinski definition) is 2. The molecule has 1 aromatic carbocycles. The van der Waals surface area contributed by atoms with E-state index in [1.807, 2.05) is 0 Å². The first kappa shape index (κ1) is 19.6. The lowest BCUT2D eigenvalue weighted by Gasteiger charge is -2.08. The van der Waals surface area contributed by atoms with E-state index in [0.29, 0.717) is 11.0 Å². The van der Waals surface area contributed by atoms with Gasteiger partial charge in [-0.25, -0.2) is 8.42 Å². The van der Waals surface area contributed by atoms with Crippen LogP contribution in [0.25, 0.3) is 0 Å². The molecule has 2 N–H and O–H groups in total. The molecule has 1 heterocycles. The Morgan fingerprint density at radius 1 is 1.28 bits per heavy atom. The molecule has 7 nitrogen and oxygen atoms in total. The van der Waals surface area contributed by atoms with Crippen molar-refractivity contribution in [3.8, 4) is 0 Å². The van der Waals surface area contributed by atoms with Crippen LogP contribution in [0.1, 0.15) is 48.0 Å². The minimum Gasteiger partial charge on any atom is -0.296 e. The number of amides is 1. The van der Waals surface area contributed by atoms with E-state index >= 15 is 0 Å². The third-order valence-electron chi connectivity index (χ3n) is 3.52. The lowest BCUT2D eigenvalue weighted by molar-refractivity contribution is 0.102. The molecule has 0 aliphatic heterocycles. The number of hydrogen-bond acceptors (Lipinski definition) is 6. The van der Waals surface area contributed by atoms with E-state index in [9.17, 15) is 13.2 Å². The number of aromatic nitrogens is 2. The minimum absolute atomic E-state index is 0.145. The van der Waals surface area contributed by atoms with Crippen molar-refractivity contribution in [1.29, 1.82) is 0 Å². The number of carbonyl (C=O) groups excluding carboxylic acids is 1. The van der Waals surface area contributed by atoms with Gasteiger partial charge in [-0.15, -0.1) is 10.2 Å². The van der Waals surface area contributed by atoms with Crippen molar-refractivity contribution in [2.75, 3.05) is 16.3 Å². The molecular weight excluding hydrogens is 384 g/mol. The fourth-order valence-electron chi connectivity index (χ4n) is 2.20. The van der Waals surface area contributed by atoms with E-state index in [2.05, 4.69) is 34.1 Å². The fraction of sp³-hybridized carbons (Fsp3) is 0.400. The summed E-state index contributed by atoms with van der Waals surface area (Å²) in [6, 6.07) is 4.34. The van der Waals surface area contributed by atoms with Crippen molar-refractivity contribution in [2.45, 2.75) is 32.6 Å². The molecule has 2 aromatic rings. The van der Waals surface area contributed by atoms with Crippen LogP contribution in [-0.4, -0.2) is 30.8 Å². The summed E-state index contributed by atoms with van der Waals surface area (Å²) in [4.78, 5) is 12.4. The van der Waals surface area contributed by atoms with Gasteiger partial charge in [0.1, 0.15) is 5.01 Å². The predicted molar refractivity (Wildman–Crippen MR) is 101 cm³/mol. The van der Waals surface area contributed by atoms with Crippen LogP contribution >= 0.6 is 22.9 Å². The van der Waals surface area contributed by atoms with Gasteiger partial charge in [0, 0.05) is 11.5 Å². The lowest BCUT2D eigenvalue weighted by Crippen LogP contribution is -2.14. The van der Waals surface area contributed by atoms with E-state index in [0.717, 1.165) is 24.1 Å². The number of nitrogens with zero attached hydrogens (tertiary/aromatic N) is 2. The summed E-state index contributed by atoms with van der Waals surface area (Å²) in [5, 5.41) is 12.3. The Balaban J connectivity index is 2.17. The zero-order chi connectivity index (χ0) is 18.6. The first-order valence-electron chi connectivity index (χ1n) is 7.65. The molecule has 0 unspecified atom stereocenters. The molecule has 0 radical (unpaired) electrons. The highest BCUT2D eigenvalue weighted by Crippen LogP contribution is 2.29. The molecule has 0 atom stereocenters. The van der Waals surface area contributed by atoms with Gasteiger partial charge in [-0.2, -0.15) is 0 Å². The summed E-state index contributed by atoms with van der Waals surface area (Å²) in [5.74, 6) is -0.0929. The number of nitrogens with one attached hydrogen (secondary N) is 2. The normalized spacial score (nSPS) is 11.6. The molecule has 0 aliphatic carbocycles. The van der Waals surface area contributed by atoms with Gasteiger partial charge in [0.15, 0.2) is 0 Å². The Kier molecular flexibility index (Phi) is 6.36. The van der Waals surface area contributed by atoms with Gasteiger partial charge in [-0.1, -0.05) is 36.8 Å². The van der Waals surface area contributed by atoms with E-state index in [4.69, 9.17) is 11.6 Å². The minimum atomic E-state index is -3.50. The number of anilines is 2. The number of halogens is 1. The second-order valence-corrected chi connectivity index (χ2v) is 8.65. The summed E-state index contributed by atoms with van der Waals surface area (Å²) < 4.78 is 25.0. The van der Waals surface area contributed by atoms with Crippen LogP contribution in [0.4, 0.5) is 10.8 Å². The SMILES string of the molecule is CCC(CC)c1nnc(NC(=O)c2ccc(Cl)c(NS(C)(=O)=O)c2)s1. The zero-order valence-corrected chi connectivity index (χ0v) is 16.4. The zero-order valence-electron chi connectivity index (χ0n) is 14.0. The smallest absolute Gasteiger partial charge is 0.257 e. The average Bonchev–Trinajstić information content (AvgIpc) is 2.97. The molecule has 1 aromatic heterocycles. The molecule has 0 spiro atoms. The third-order valence-corrected chi connectivity index (χ3v) is 5.44. The fourth-order valence-corrected chi connectivity index (χ4v) is 4.00. The van der Waals surface area contributed by atoms with Crippen molar-refractivity contribution in [1.82, 2.24) is 10.2 Å². The highest BCUT2D eigenvalue weighted by molar-refractivity contribution is 7.92. The van der Waals surface area contributed by atoms with Crippen LogP contribution in [0.2, 0.25) is 5.02 Å². The summed E-state index contributed by atoms with van der Waals surface area (Å²) in [6.45, 7) is 4.16.